The van der Waals surface area contributed by atoms with Crippen LogP contribution in [0, 0.1) is 17.8 Å². The molecule has 1 fully saturated rings. The third-order valence-corrected chi connectivity index (χ3v) is 3.51. The van der Waals surface area contributed by atoms with Gasteiger partial charge in [-0.05, 0) is 31.1 Å². The second-order valence-electron chi connectivity index (χ2n) is 5.93. The van der Waals surface area contributed by atoms with Gasteiger partial charge in [-0.2, -0.15) is 0 Å². The topological polar surface area (TPSA) is 95.5 Å². The van der Waals surface area contributed by atoms with Crippen molar-refractivity contribution in [2.75, 3.05) is 6.54 Å². The molecule has 0 radical (unpaired) electrons. The fourth-order valence-electron chi connectivity index (χ4n) is 2.08. The highest BCUT2D eigenvalue weighted by Crippen LogP contribution is 2.36. The quantitative estimate of drug-likeness (QED) is 0.613. The predicted octanol–water partition coefficient (Wildman–Crippen LogP) is 0.764. The van der Waals surface area contributed by atoms with Gasteiger partial charge in [0.25, 0.3) is 0 Å². The van der Waals surface area contributed by atoms with Crippen LogP contribution in [0.15, 0.2) is 0 Å². The van der Waals surface area contributed by atoms with Gasteiger partial charge in [0.2, 0.25) is 11.8 Å². The van der Waals surface area contributed by atoms with Gasteiger partial charge in [-0.25, -0.2) is 4.79 Å². The maximum absolute atomic E-state index is 11.7. The first kappa shape index (κ1) is 16.5. The summed E-state index contributed by atoms with van der Waals surface area (Å²) in [5.41, 5.74) is 0. The molecule has 0 aliphatic heterocycles. The Morgan fingerprint density at radius 3 is 2.25 bits per heavy atom. The van der Waals surface area contributed by atoms with Crippen molar-refractivity contribution in [2.24, 2.45) is 17.8 Å². The molecule has 0 saturated heterocycles. The summed E-state index contributed by atoms with van der Waals surface area (Å²) in [6, 6.07) is -0.903. The first-order valence-electron chi connectivity index (χ1n) is 7.11. The van der Waals surface area contributed by atoms with Crippen LogP contribution in [0.1, 0.15) is 40.0 Å². The number of hydrogen-bond acceptors (Lipinski definition) is 3. The van der Waals surface area contributed by atoms with E-state index < -0.39 is 17.9 Å². The van der Waals surface area contributed by atoms with Crippen molar-refractivity contribution in [1.82, 2.24) is 10.6 Å². The summed E-state index contributed by atoms with van der Waals surface area (Å²) in [5, 5.41) is 14.0. The van der Waals surface area contributed by atoms with E-state index in [0.717, 1.165) is 12.8 Å². The third kappa shape index (κ3) is 5.59. The molecule has 0 bridgehead atoms. The van der Waals surface area contributed by atoms with Crippen LogP contribution in [0.5, 0.6) is 0 Å². The number of rotatable bonds is 8. The van der Waals surface area contributed by atoms with Crippen LogP contribution in [-0.2, 0) is 14.4 Å². The van der Waals surface area contributed by atoms with Crippen molar-refractivity contribution in [1.29, 1.82) is 0 Å². The normalized spacial score (nSPS) is 17.4. The molecule has 0 aromatic carbocycles. The van der Waals surface area contributed by atoms with Gasteiger partial charge in [-0.3, -0.25) is 9.59 Å². The largest absolute Gasteiger partial charge is 0.480 e. The molecule has 3 N–H and O–H groups in total. The molecule has 6 heteroatoms. The summed E-state index contributed by atoms with van der Waals surface area (Å²) in [4.78, 5) is 34.4. The van der Waals surface area contributed by atoms with Crippen molar-refractivity contribution in [2.45, 2.75) is 46.1 Å². The zero-order valence-corrected chi connectivity index (χ0v) is 12.3. The summed E-state index contributed by atoms with van der Waals surface area (Å²) in [6.45, 7) is 5.46. The Labute approximate surface area is 119 Å². The number of carboxylic acid groups (broad SMARTS) is 1. The van der Waals surface area contributed by atoms with Gasteiger partial charge in [0.15, 0.2) is 0 Å². The Kier molecular flexibility index (Phi) is 5.98. The van der Waals surface area contributed by atoms with Gasteiger partial charge in [0, 0.05) is 5.92 Å². The number of carbonyl (C=O) groups is 3. The second kappa shape index (κ2) is 7.26. The van der Waals surface area contributed by atoms with E-state index in [1.54, 1.807) is 0 Å². The van der Waals surface area contributed by atoms with E-state index in [0.29, 0.717) is 12.3 Å². The van der Waals surface area contributed by atoms with Crippen LogP contribution in [0.2, 0.25) is 0 Å². The Morgan fingerprint density at radius 2 is 1.80 bits per heavy atom. The van der Waals surface area contributed by atoms with Crippen LogP contribution < -0.4 is 10.6 Å². The predicted molar refractivity (Wildman–Crippen MR) is 73.9 cm³/mol. The lowest BCUT2D eigenvalue weighted by Crippen LogP contribution is -2.46. The molecule has 1 aliphatic rings. The van der Waals surface area contributed by atoms with E-state index in [-0.39, 0.29) is 24.3 Å². The highest BCUT2D eigenvalue weighted by Gasteiger charge is 2.32. The van der Waals surface area contributed by atoms with E-state index >= 15 is 0 Å². The Hall–Kier alpha value is -1.59. The summed E-state index contributed by atoms with van der Waals surface area (Å²) in [7, 11) is 0. The monoisotopic (exact) mass is 284 g/mol. The highest BCUT2D eigenvalue weighted by molar-refractivity contribution is 5.88. The number of amides is 2. The fraction of sp³-hybridized carbons (Fsp3) is 0.786. The van der Waals surface area contributed by atoms with Gasteiger partial charge >= 0.3 is 5.97 Å². The average molecular weight is 284 g/mol. The van der Waals surface area contributed by atoms with E-state index in [4.69, 9.17) is 5.11 Å². The van der Waals surface area contributed by atoms with Crippen molar-refractivity contribution in [3.05, 3.63) is 0 Å². The minimum atomic E-state index is -1.05. The summed E-state index contributed by atoms with van der Waals surface area (Å²) in [6.07, 6.45) is 2.50. The Bertz CT molecular complexity index is 377. The number of carbonyl (C=O) groups excluding carboxylic acids is 2. The zero-order chi connectivity index (χ0) is 15.3. The molecular formula is C14H24N2O4. The van der Waals surface area contributed by atoms with Gasteiger partial charge in [-0.1, -0.05) is 20.8 Å². The lowest BCUT2D eigenvalue weighted by molar-refractivity contribution is -0.142. The van der Waals surface area contributed by atoms with Gasteiger partial charge < -0.3 is 15.7 Å². The Morgan fingerprint density at radius 1 is 1.20 bits per heavy atom. The van der Waals surface area contributed by atoms with Crippen LogP contribution in [-0.4, -0.2) is 35.5 Å². The lowest BCUT2D eigenvalue weighted by Gasteiger charge is -2.17. The summed E-state index contributed by atoms with van der Waals surface area (Å²) in [5.74, 6) is -1.13. The SMILES string of the molecule is CC(C)C[C@H](NC(=O)CNC(=O)C(C)C1CC1)C(=O)O. The van der Waals surface area contributed by atoms with E-state index in [9.17, 15) is 14.4 Å². The molecule has 1 aliphatic carbocycles. The van der Waals surface area contributed by atoms with Crippen LogP contribution in [0.3, 0.4) is 0 Å². The number of nitrogens with one attached hydrogen (secondary N) is 2. The van der Waals surface area contributed by atoms with Crippen molar-refractivity contribution < 1.29 is 19.5 Å². The molecule has 0 aromatic rings. The maximum atomic E-state index is 11.7. The van der Waals surface area contributed by atoms with Crippen molar-refractivity contribution in [3.63, 3.8) is 0 Å². The molecule has 1 unspecified atom stereocenters. The average Bonchev–Trinajstić information content (AvgIpc) is 3.17. The summed E-state index contributed by atoms with van der Waals surface area (Å²) >= 11 is 0. The molecule has 0 heterocycles. The van der Waals surface area contributed by atoms with E-state index in [1.807, 2.05) is 20.8 Å². The van der Waals surface area contributed by atoms with Gasteiger partial charge in [-0.15, -0.1) is 0 Å². The zero-order valence-electron chi connectivity index (χ0n) is 12.3. The van der Waals surface area contributed by atoms with Gasteiger partial charge in [0.1, 0.15) is 6.04 Å². The standard InChI is InChI=1S/C14H24N2O4/c1-8(2)6-11(14(19)20)16-12(17)7-15-13(18)9(3)10-4-5-10/h8-11H,4-7H2,1-3H3,(H,15,18)(H,16,17)(H,19,20)/t9?,11-/m0/s1. The molecule has 2 atom stereocenters. The van der Waals surface area contributed by atoms with Crippen molar-refractivity contribution >= 4 is 17.8 Å². The first-order chi connectivity index (χ1) is 9.31. The molecule has 1 rings (SSSR count). The number of aliphatic carboxylic acids is 1. The molecule has 20 heavy (non-hydrogen) atoms. The lowest BCUT2D eigenvalue weighted by atomic mass is 10.0. The smallest absolute Gasteiger partial charge is 0.326 e. The number of hydrogen-bond donors (Lipinski definition) is 3. The summed E-state index contributed by atoms with van der Waals surface area (Å²) < 4.78 is 0. The second-order valence-corrected chi connectivity index (χ2v) is 5.93. The van der Waals surface area contributed by atoms with E-state index in [2.05, 4.69) is 10.6 Å². The minimum Gasteiger partial charge on any atom is -0.480 e. The molecule has 2 amide bonds. The Balaban J connectivity index is 2.33. The van der Waals surface area contributed by atoms with Crippen LogP contribution >= 0.6 is 0 Å². The molecule has 0 spiro atoms. The van der Waals surface area contributed by atoms with Gasteiger partial charge in [0.05, 0.1) is 6.54 Å². The van der Waals surface area contributed by atoms with E-state index in [1.165, 1.54) is 0 Å². The van der Waals surface area contributed by atoms with Crippen molar-refractivity contribution in [3.8, 4) is 0 Å². The number of carboxylic acids is 1. The fourth-order valence-corrected chi connectivity index (χ4v) is 2.08. The first-order valence-corrected chi connectivity index (χ1v) is 7.11. The molecule has 6 nitrogen and oxygen atoms in total. The molecule has 114 valence electrons. The minimum absolute atomic E-state index is 0.0752. The van der Waals surface area contributed by atoms with Crippen LogP contribution in [0.4, 0.5) is 0 Å². The third-order valence-electron chi connectivity index (χ3n) is 3.51. The molecule has 0 aromatic heterocycles. The van der Waals surface area contributed by atoms with Crippen LogP contribution in [0.25, 0.3) is 0 Å². The molecule has 1 saturated carbocycles. The highest BCUT2D eigenvalue weighted by atomic mass is 16.4. The maximum Gasteiger partial charge on any atom is 0.326 e. The molecular weight excluding hydrogens is 260 g/mol.